The largest absolute Gasteiger partial charge is 0.370 e. The van der Waals surface area contributed by atoms with Crippen LogP contribution in [0.5, 0.6) is 0 Å². The van der Waals surface area contributed by atoms with Crippen LogP contribution < -0.4 is 11.1 Å². The molecule has 0 aliphatic heterocycles. The fourth-order valence-electron chi connectivity index (χ4n) is 2.36. The van der Waals surface area contributed by atoms with Crippen LogP contribution in [0.4, 0.5) is 5.69 Å². The highest BCUT2D eigenvalue weighted by Crippen LogP contribution is 2.26. The number of rotatable bonds is 6. The van der Waals surface area contributed by atoms with Crippen LogP contribution in [-0.4, -0.2) is 36.5 Å². The maximum Gasteiger partial charge on any atom is 0.193 e. The molecule has 116 valence electrons. The number of guanidine groups is 1. The van der Waals surface area contributed by atoms with Crippen molar-refractivity contribution in [1.29, 1.82) is 0 Å². The van der Waals surface area contributed by atoms with E-state index in [9.17, 15) is 0 Å². The molecular weight excluding hydrogens is 260 g/mol. The summed E-state index contributed by atoms with van der Waals surface area (Å²) in [7, 11) is 2.17. The molecule has 0 aromatic heterocycles. The molecule has 1 aliphatic carbocycles. The predicted octanol–water partition coefficient (Wildman–Crippen LogP) is 3.02. The molecule has 4 heteroatoms. The van der Waals surface area contributed by atoms with Gasteiger partial charge in [-0.25, -0.2) is 0 Å². The smallest absolute Gasteiger partial charge is 0.193 e. The maximum atomic E-state index is 5.99. The summed E-state index contributed by atoms with van der Waals surface area (Å²) in [5.41, 5.74) is 8.30. The van der Waals surface area contributed by atoms with Crippen LogP contribution in [0.1, 0.15) is 45.1 Å². The second-order valence-corrected chi connectivity index (χ2v) is 6.38. The third-order valence-corrected chi connectivity index (χ3v) is 4.17. The Balaban J connectivity index is 1.89. The van der Waals surface area contributed by atoms with Crippen LogP contribution in [0, 0.1) is 0 Å². The number of aliphatic imine (C=N–C) groups is 1. The fourth-order valence-corrected chi connectivity index (χ4v) is 2.36. The Morgan fingerprint density at radius 1 is 1.38 bits per heavy atom. The monoisotopic (exact) mass is 288 g/mol. The minimum absolute atomic E-state index is 0.430. The van der Waals surface area contributed by atoms with Gasteiger partial charge in [-0.05, 0) is 50.4 Å². The van der Waals surface area contributed by atoms with Crippen molar-refractivity contribution in [3.63, 3.8) is 0 Å². The van der Waals surface area contributed by atoms with Crippen molar-refractivity contribution in [1.82, 2.24) is 4.90 Å². The highest BCUT2D eigenvalue weighted by atomic mass is 15.2. The zero-order chi connectivity index (χ0) is 15.4. The number of likely N-dealkylation sites (N-methyl/N-ethyl adjacent to an activating group) is 1. The molecule has 1 unspecified atom stereocenters. The van der Waals surface area contributed by atoms with E-state index in [1.54, 1.807) is 0 Å². The molecule has 2 rings (SSSR count). The van der Waals surface area contributed by atoms with Gasteiger partial charge in [-0.15, -0.1) is 0 Å². The molecule has 1 aliphatic rings. The highest BCUT2D eigenvalue weighted by molar-refractivity contribution is 5.92. The average molecular weight is 288 g/mol. The van der Waals surface area contributed by atoms with Gasteiger partial charge < -0.3 is 11.1 Å². The summed E-state index contributed by atoms with van der Waals surface area (Å²) in [6.07, 6.45) is 2.64. The van der Waals surface area contributed by atoms with Crippen LogP contribution in [0.3, 0.4) is 0 Å². The first-order chi connectivity index (χ1) is 9.97. The molecule has 1 atom stereocenters. The molecule has 0 spiro atoms. The number of nitrogens with zero attached hydrogens (tertiary/aromatic N) is 2. The molecule has 0 saturated heterocycles. The number of hydrogen-bond acceptors (Lipinski definition) is 2. The van der Waals surface area contributed by atoms with Gasteiger partial charge in [0.05, 0.1) is 6.54 Å². The van der Waals surface area contributed by atoms with Crippen molar-refractivity contribution in [2.24, 2.45) is 10.7 Å². The summed E-state index contributed by atoms with van der Waals surface area (Å²) in [6.45, 7) is 7.31. The SMILES string of the molecule is CC(C)c1cccc(NC(N)=NCC(C)N(C)C2CC2)c1. The van der Waals surface area contributed by atoms with Crippen LogP contribution in [0.2, 0.25) is 0 Å². The molecule has 0 amide bonds. The molecule has 1 saturated carbocycles. The Hall–Kier alpha value is -1.55. The van der Waals surface area contributed by atoms with Crippen molar-refractivity contribution in [3.05, 3.63) is 29.8 Å². The Bertz CT molecular complexity index is 491. The summed E-state index contributed by atoms with van der Waals surface area (Å²) in [5, 5.41) is 3.19. The zero-order valence-electron chi connectivity index (χ0n) is 13.6. The number of anilines is 1. The van der Waals surface area contributed by atoms with Gasteiger partial charge in [0.25, 0.3) is 0 Å². The number of benzene rings is 1. The molecule has 0 radical (unpaired) electrons. The van der Waals surface area contributed by atoms with Crippen LogP contribution in [0.15, 0.2) is 29.3 Å². The van der Waals surface area contributed by atoms with E-state index in [0.29, 0.717) is 17.9 Å². The summed E-state index contributed by atoms with van der Waals surface area (Å²) < 4.78 is 0. The molecule has 3 N–H and O–H groups in total. The van der Waals surface area contributed by atoms with E-state index in [1.165, 1.54) is 18.4 Å². The first kappa shape index (κ1) is 15.8. The third kappa shape index (κ3) is 4.74. The van der Waals surface area contributed by atoms with Crippen molar-refractivity contribution < 1.29 is 0 Å². The summed E-state index contributed by atoms with van der Waals surface area (Å²) in [6, 6.07) is 9.53. The van der Waals surface area contributed by atoms with E-state index in [0.717, 1.165) is 18.3 Å². The average Bonchev–Trinajstić information content (AvgIpc) is 3.28. The lowest BCUT2D eigenvalue weighted by atomic mass is 10.0. The topological polar surface area (TPSA) is 53.6 Å². The Labute approximate surface area is 128 Å². The predicted molar refractivity (Wildman–Crippen MR) is 90.9 cm³/mol. The highest BCUT2D eigenvalue weighted by Gasteiger charge is 2.28. The standard InChI is InChI=1S/C17H28N4/c1-12(2)14-6-5-7-15(10-14)20-17(18)19-11-13(3)21(4)16-8-9-16/h5-7,10,12-13,16H,8-9,11H2,1-4H3,(H3,18,19,20). The van der Waals surface area contributed by atoms with Gasteiger partial charge >= 0.3 is 0 Å². The van der Waals surface area contributed by atoms with Gasteiger partial charge in [-0.1, -0.05) is 26.0 Å². The summed E-state index contributed by atoms with van der Waals surface area (Å²) in [5.74, 6) is 1.00. The molecule has 4 nitrogen and oxygen atoms in total. The van der Waals surface area contributed by atoms with Gasteiger partial charge in [-0.3, -0.25) is 9.89 Å². The fraction of sp³-hybridized carbons (Fsp3) is 0.588. The van der Waals surface area contributed by atoms with Crippen LogP contribution in [0.25, 0.3) is 0 Å². The van der Waals surface area contributed by atoms with Crippen molar-refractivity contribution in [2.45, 2.75) is 51.6 Å². The lowest BCUT2D eigenvalue weighted by Crippen LogP contribution is -2.34. The van der Waals surface area contributed by atoms with E-state index in [4.69, 9.17) is 5.73 Å². The first-order valence-corrected chi connectivity index (χ1v) is 7.86. The molecule has 0 bridgehead atoms. The van der Waals surface area contributed by atoms with Gasteiger partial charge in [0.1, 0.15) is 0 Å². The second kappa shape index (κ2) is 6.94. The molecule has 21 heavy (non-hydrogen) atoms. The van der Waals surface area contributed by atoms with E-state index in [1.807, 2.05) is 6.07 Å². The Morgan fingerprint density at radius 2 is 2.10 bits per heavy atom. The summed E-state index contributed by atoms with van der Waals surface area (Å²) in [4.78, 5) is 6.87. The minimum Gasteiger partial charge on any atom is -0.370 e. The van der Waals surface area contributed by atoms with Crippen LogP contribution in [-0.2, 0) is 0 Å². The number of hydrogen-bond donors (Lipinski definition) is 2. The lowest BCUT2D eigenvalue weighted by Gasteiger charge is -2.22. The van der Waals surface area contributed by atoms with E-state index >= 15 is 0 Å². The number of nitrogens with one attached hydrogen (secondary N) is 1. The zero-order valence-corrected chi connectivity index (χ0v) is 13.6. The molecule has 1 fully saturated rings. The van der Waals surface area contributed by atoms with E-state index in [-0.39, 0.29) is 0 Å². The lowest BCUT2D eigenvalue weighted by molar-refractivity contribution is 0.253. The van der Waals surface area contributed by atoms with E-state index < -0.39 is 0 Å². The normalized spacial score (nSPS) is 17.3. The molecular formula is C17H28N4. The minimum atomic E-state index is 0.430. The van der Waals surface area contributed by atoms with Gasteiger partial charge in [0, 0.05) is 17.8 Å². The number of nitrogens with two attached hydrogens (primary N) is 1. The molecule has 1 aromatic carbocycles. The summed E-state index contributed by atoms with van der Waals surface area (Å²) >= 11 is 0. The van der Waals surface area contributed by atoms with Crippen molar-refractivity contribution in [2.75, 3.05) is 18.9 Å². The van der Waals surface area contributed by atoms with Crippen molar-refractivity contribution in [3.8, 4) is 0 Å². The Kier molecular flexibility index (Phi) is 5.23. The Morgan fingerprint density at radius 3 is 2.71 bits per heavy atom. The van der Waals surface area contributed by atoms with Crippen LogP contribution >= 0.6 is 0 Å². The van der Waals surface area contributed by atoms with Crippen molar-refractivity contribution >= 4 is 11.6 Å². The molecule has 0 heterocycles. The van der Waals surface area contributed by atoms with E-state index in [2.05, 4.69) is 61.2 Å². The molecule has 1 aromatic rings. The third-order valence-electron chi connectivity index (χ3n) is 4.17. The van der Waals surface area contributed by atoms with Gasteiger partial charge in [0.2, 0.25) is 0 Å². The maximum absolute atomic E-state index is 5.99. The quantitative estimate of drug-likeness (QED) is 0.625. The second-order valence-electron chi connectivity index (χ2n) is 6.38. The van der Waals surface area contributed by atoms with Gasteiger partial charge in [0.15, 0.2) is 5.96 Å². The first-order valence-electron chi connectivity index (χ1n) is 7.86. The van der Waals surface area contributed by atoms with Gasteiger partial charge in [-0.2, -0.15) is 0 Å².